The second-order valence-electron chi connectivity index (χ2n) is 6.73. The van der Waals surface area contributed by atoms with Gasteiger partial charge in [-0.3, -0.25) is 0 Å². The minimum absolute atomic E-state index is 0.143. The van der Waals surface area contributed by atoms with Gasteiger partial charge in [-0.1, -0.05) is 0 Å². The van der Waals surface area contributed by atoms with E-state index in [-0.39, 0.29) is 12.2 Å². The summed E-state index contributed by atoms with van der Waals surface area (Å²) < 4.78 is 45.6. The van der Waals surface area contributed by atoms with Gasteiger partial charge in [0.25, 0.3) is 0 Å². The number of thiophene rings is 2. The first-order chi connectivity index (χ1) is 14.8. The smallest absolute Gasteiger partial charge is 0.180 e. The average Bonchev–Trinajstić information content (AvgIpc) is 3.21. The molecule has 8 nitrogen and oxygen atoms in total. The second kappa shape index (κ2) is 10.7. The zero-order valence-corrected chi connectivity index (χ0v) is 18.7. The van der Waals surface area contributed by atoms with Gasteiger partial charge in [-0.25, -0.2) is 0 Å². The molecule has 2 aliphatic rings. The molecule has 0 aromatic carbocycles. The molecule has 30 heavy (non-hydrogen) atoms. The van der Waals surface area contributed by atoms with Crippen LogP contribution in [0.4, 0.5) is 0 Å². The normalized spacial score (nSPS) is 20.6. The zero-order valence-electron chi connectivity index (χ0n) is 17.0. The Bertz CT molecular complexity index is 739. The molecule has 0 spiro atoms. The highest BCUT2D eigenvalue weighted by Gasteiger charge is 2.29. The van der Waals surface area contributed by atoms with E-state index in [2.05, 4.69) is 0 Å². The molecule has 0 bridgehead atoms. The molecule has 0 aliphatic carbocycles. The molecule has 2 atom stereocenters. The number of methoxy groups -OCH3 is 2. The largest absolute Gasteiger partial charge is 0.486 e. The first kappa shape index (κ1) is 21.7. The number of rotatable bonds is 9. The van der Waals surface area contributed by atoms with Crippen LogP contribution >= 0.6 is 22.7 Å². The third-order valence-corrected chi connectivity index (χ3v) is 6.64. The molecular weight excluding hydrogens is 432 g/mol. The standard InChI is InChI=1S/C20H26O8S2/c1-21-3-5-23-13-7-25-15-11-29-19(17(15)27-9-13)20-18-16(12-30-20)26-8-14(10-28-18)24-6-4-22-2/h11-14H,3-10H2,1-2H3. The van der Waals surface area contributed by atoms with Gasteiger partial charge in [-0.05, 0) is 0 Å². The van der Waals surface area contributed by atoms with Crippen LogP contribution in [0.1, 0.15) is 0 Å². The Balaban J connectivity index is 1.44. The lowest BCUT2D eigenvalue weighted by molar-refractivity contribution is -0.0188. The summed E-state index contributed by atoms with van der Waals surface area (Å²) in [6, 6.07) is 0. The number of fused-ring (bicyclic) bond motifs is 2. The molecule has 2 aromatic rings. The molecular formula is C20H26O8S2. The lowest BCUT2D eigenvalue weighted by Gasteiger charge is -2.15. The van der Waals surface area contributed by atoms with Gasteiger partial charge in [0.1, 0.15) is 38.6 Å². The highest BCUT2D eigenvalue weighted by Crippen LogP contribution is 2.53. The third-order valence-electron chi connectivity index (χ3n) is 4.59. The van der Waals surface area contributed by atoms with Crippen LogP contribution in [-0.2, 0) is 18.9 Å². The molecule has 0 saturated heterocycles. The average molecular weight is 459 g/mol. The van der Waals surface area contributed by atoms with Crippen LogP contribution in [0, 0.1) is 0 Å². The Kier molecular flexibility index (Phi) is 7.69. The van der Waals surface area contributed by atoms with Crippen molar-refractivity contribution in [3.63, 3.8) is 0 Å². The molecule has 0 fully saturated rings. The van der Waals surface area contributed by atoms with Gasteiger partial charge in [-0.15, -0.1) is 22.7 Å². The van der Waals surface area contributed by atoms with E-state index in [4.69, 9.17) is 37.9 Å². The van der Waals surface area contributed by atoms with Crippen molar-refractivity contribution in [1.29, 1.82) is 0 Å². The van der Waals surface area contributed by atoms with Crippen LogP contribution in [0.3, 0.4) is 0 Å². The Morgan fingerprint density at radius 1 is 0.700 bits per heavy atom. The molecule has 2 aromatic heterocycles. The van der Waals surface area contributed by atoms with Gasteiger partial charge in [0, 0.05) is 25.0 Å². The van der Waals surface area contributed by atoms with E-state index >= 15 is 0 Å². The number of ether oxygens (including phenoxy) is 8. The first-order valence-electron chi connectivity index (χ1n) is 9.75. The molecule has 4 heterocycles. The SMILES string of the molecule is COCCOC1COc2csc(-c3scc4c3OCC(OCCOC)CO4)c2OC1. The Hall–Kier alpha value is -1.56. The van der Waals surface area contributed by atoms with Crippen LogP contribution in [0.15, 0.2) is 10.8 Å². The molecule has 0 radical (unpaired) electrons. The third kappa shape index (κ3) is 5.01. The highest BCUT2D eigenvalue weighted by atomic mass is 32.1. The van der Waals surface area contributed by atoms with E-state index in [1.165, 1.54) is 0 Å². The molecule has 2 aliphatic heterocycles. The maximum atomic E-state index is 6.09. The molecule has 0 N–H and O–H groups in total. The molecule has 166 valence electrons. The molecule has 0 amide bonds. The summed E-state index contributed by atoms with van der Waals surface area (Å²) in [7, 11) is 3.30. The van der Waals surface area contributed by atoms with E-state index in [0.29, 0.717) is 52.9 Å². The maximum Gasteiger partial charge on any atom is 0.180 e. The molecule has 0 saturated carbocycles. The van der Waals surface area contributed by atoms with Gasteiger partial charge in [-0.2, -0.15) is 0 Å². The fourth-order valence-corrected chi connectivity index (χ4v) is 5.07. The van der Waals surface area contributed by atoms with Crippen LogP contribution in [0.25, 0.3) is 9.75 Å². The minimum Gasteiger partial charge on any atom is -0.486 e. The van der Waals surface area contributed by atoms with Crippen molar-refractivity contribution in [3.8, 4) is 32.8 Å². The van der Waals surface area contributed by atoms with Crippen molar-refractivity contribution in [2.75, 3.05) is 67.1 Å². The molecule has 10 heteroatoms. The van der Waals surface area contributed by atoms with Crippen molar-refractivity contribution < 1.29 is 37.9 Å². The predicted octanol–water partition coefficient (Wildman–Crippen LogP) is 3.08. The predicted molar refractivity (Wildman–Crippen MR) is 113 cm³/mol. The Labute approximate surface area is 183 Å². The lowest BCUT2D eigenvalue weighted by atomic mass is 10.3. The first-order valence-corrected chi connectivity index (χ1v) is 11.5. The molecule has 4 rings (SSSR count). The summed E-state index contributed by atoms with van der Waals surface area (Å²) in [6.45, 7) is 3.80. The van der Waals surface area contributed by atoms with Gasteiger partial charge in [0.2, 0.25) is 0 Å². The van der Waals surface area contributed by atoms with Crippen LogP contribution in [-0.4, -0.2) is 79.3 Å². The van der Waals surface area contributed by atoms with Crippen LogP contribution in [0.2, 0.25) is 0 Å². The summed E-state index contributed by atoms with van der Waals surface area (Å²) in [5.41, 5.74) is 0. The van der Waals surface area contributed by atoms with Gasteiger partial charge in [0.15, 0.2) is 23.0 Å². The van der Waals surface area contributed by atoms with E-state index < -0.39 is 0 Å². The van der Waals surface area contributed by atoms with E-state index in [0.717, 1.165) is 32.8 Å². The summed E-state index contributed by atoms with van der Waals surface area (Å²) in [4.78, 5) is 1.94. The minimum atomic E-state index is -0.143. The van der Waals surface area contributed by atoms with Crippen molar-refractivity contribution in [2.24, 2.45) is 0 Å². The topological polar surface area (TPSA) is 73.8 Å². The summed E-state index contributed by atoms with van der Waals surface area (Å²) >= 11 is 3.14. The summed E-state index contributed by atoms with van der Waals surface area (Å²) in [5.74, 6) is 2.90. The highest BCUT2D eigenvalue weighted by molar-refractivity contribution is 7.21. The van der Waals surface area contributed by atoms with Gasteiger partial charge in [0.05, 0.1) is 36.2 Å². The van der Waals surface area contributed by atoms with E-state index in [1.54, 1.807) is 36.9 Å². The van der Waals surface area contributed by atoms with Crippen molar-refractivity contribution >= 4 is 22.7 Å². The lowest BCUT2D eigenvalue weighted by Crippen LogP contribution is -2.28. The monoisotopic (exact) mass is 458 g/mol. The quantitative estimate of drug-likeness (QED) is 0.531. The van der Waals surface area contributed by atoms with Crippen molar-refractivity contribution in [3.05, 3.63) is 10.8 Å². The molecule has 2 unspecified atom stereocenters. The van der Waals surface area contributed by atoms with Crippen molar-refractivity contribution in [1.82, 2.24) is 0 Å². The van der Waals surface area contributed by atoms with Crippen molar-refractivity contribution in [2.45, 2.75) is 12.2 Å². The number of hydrogen-bond donors (Lipinski definition) is 0. The summed E-state index contributed by atoms with van der Waals surface area (Å²) in [5, 5.41) is 3.92. The second-order valence-corrected chi connectivity index (χ2v) is 8.49. The van der Waals surface area contributed by atoms with E-state index in [9.17, 15) is 0 Å². The van der Waals surface area contributed by atoms with Crippen LogP contribution in [0.5, 0.6) is 23.0 Å². The van der Waals surface area contributed by atoms with E-state index in [1.807, 2.05) is 10.8 Å². The maximum absolute atomic E-state index is 6.09. The fraction of sp³-hybridized carbons (Fsp3) is 0.600. The zero-order chi connectivity index (χ0) is 20.8. The Morgan fingerprint density at radius 3 is 1.57 bits per heavy atom. The fourth-order valence-electron chi connectivity index (χ4n) is 3.05. The van der Waals surface area contributed by atoms with Crippen LogP contribution < -0.4 is 18.9 Å². The summed E-state index contributed by atoms with van der Waals surface area (Å²) in [6.07, 6.45) is -0.286. The van der Waals surface area contributed by atoms with Gasteiger partial charge < -0.3 is 37.9 Å². The number of hydrogen-bond acceptors (Lipinski definition) is 10. The van der Waals surface area contributed by atoms with Gasteiger partial charge >= 0.3 is 0 Å². The Morgan fingerprint density at radius 2 is 1.13 bits per heavy atom.